The zero-order valence-electron chi connectivity index (χ0n) is 13.7. The Morgan fingerprint density at radius 2 is 1.60 bits per heavy atom. The molecular weight excluding hydrogens is 344 g/mol. The lowest BCUT2D eigenvalue weighted by Gasteiger charge is -2.23. The average Bonchev–Trinajstić information content (AvgIpc) is 2.88. The number of halogens is 1. The zero-order valence-corrected chi connectivity index (χ0v) is 14.5. The van der Waals surface area contributed by atoms with Crippen molar-refractivity contribution >= 4 is 35.0 Å². The summed E-state index contributed by atoms with van der Waals surface area (Å²) in [6.07, 6.45) is 1.33. The molecule has 2 aliphatic heterocycles. The van der Waals surface area contributed by atoms with Crippen LogP contribution in [0.5, 0.6) is 0 Å². The van der Waals surface area contributed by atoms with Crippen LogP contribution in [0.3, 0.4) is 0 Å². The van der Waals surface area contributed by atoms with Gasteiger partial charge < -0.3 is 9.80 Å². The topological polar surface area (TPSA) is 82.1 Å². The lowest BCUT2D eigenvalue weighted by molar-refractivity contribution is -0.124. The Morgan fingerprint density at radius 3 is 2.20 bits per heavy atom. The van der Waals surface area contributed by atoms with Gasteiger partial charge in [0.25, 0.3) is 11.8 Å². The zero-order chi connectivity index (χ0) is 17.8. The Labute approximate surface area is 150 Å². The number of nitrogens with one attached hydrogen (secondary N) is 1. The van der Waals surface area contributed by atoms with Crippen LogP contribution in [-0.2, 0) is 9.59 Å². The van der Waals surface area contributed by atoms with Crippen LogP contribution >= 0.6 is 11.6 Å². The van der Waals surface area contributed by atoms with E-state index in [1.54, 1.807) is 34.1 Å². The van der Waals surface area contributed by atoms with Crippen molar-refractivity contribution in [3.05, 3.63) is 34.9 Å². The molecule has 8 heteroatoms. The van der Waals surface area contributed by atoms with Gasteiger partial charge in [0, 0.05) is 49.6 Å². The molecule has 0 radical (unpaired) electrons. The van der Waals surface area contributed by atoms with E-state index in [1.807, 2.05) is 0 Å². The summed E-state index contributed by atoms with van der Waals surface area (Å²) in [6, 6.07) is 6.80. The molecule has 3 rings (SSSR count). The van der Waals surface area contributed by atoms with Gasteiger partial charge in [0.05, 0.1) is 0 Å². The molecule has 0 unspecified atom stereocenters. The van der Waals surface area contributed by atoms with Gasteiger partial charge in [-0.05, 0) is 30.7 Å². The molecule has 1 aromatic rings. The standard InChI is InChI=1S/C17H19ClN4O3/c18-13-4-2-12(3-5-13)16(24)21-8-1-9-22(11-10-21)17(25)14-6-7-15(23)20-19-14/h2-5H,1,6-11H2,(H,20,23). The Kier molecular flexibility index (Phi) is 5.33. The van der Waals surface area contributed by atoms with Crippen molar-refractivity contribution < 1.29 is 14.4 Å². The number of hydrazone groups is 1. The largest absolute Gasteiger partial charge is 0.337 e. The molecule has 7 nitrogen and oxygen atoms in total. The minimum atomic E-state index is -0.174. The highest BCUT2D eigenvalue weighted by Crippen LogP contribution is 2.14. The summed E-state index contributed by atoms with van der Waals surface area (Å²) >= 11 is 5.86. The third-order valence-electron chi connectivity index (χ3n) is 4.31. The lowest BCUT2D eigenvalue weighted by atomic mass is 10.1. The van der Waals surface area contributed by atoms with Crippen LogP contribution in [0.15, 0.2) is 29.4 Å². The van der Waals surface area contributed by atoms with Gasteiger partial charge in [-0.3, -0.25) is 14.4 Å². The average molecular weight is 363 g/mol. The normalized spacial score (nSPS) is 18.3. The second-order valence-electron chi connectivity index (χ2n) is 6.04. The molecule has 0 aromatic heterocycles. The molecule has 1 N–H and O–H groups in total. The highest BCUT2D eigenvalue weighted by Gasteiger charge is 2.27. The van der Waals surface area contributed by atoms with Gasteiger partial charge in [-0.1, -0.05) is 11.6 Å². The summed E-state index contributed by atoms with van der Waals surface area (Å²) in [5.74, 6) is -0.402. The molecule has 132 valence electrons. The van der Waals surface area contributed by atoms with E-state index < -0.39 is 0 Å². The van der Waals surface area contributed by atoms with Crippen LogP contribution in [0.2, 0.25) is 5.02 Å². The Hall–Kier alpha value is -2.41. The van der Waals surface area contributed by atoms with Crippen LogP contribution in [0, 0.1) is 0 Å². The van der Waals surface area contributed by atoms with Crippen molar-refractivity contribution in [3.63, 3.8) is 0 Å². The van der Waals surface area contributed by atoms with Crippen molar-refractivity contribution in [2.24, 2.45) is 5.10 Å². The maximum Gasteiger partial charge on any atom is 0.270 e. The lowest BCUT2D eigenvalue weighted by Crippen LogP contribution is -2.42. The summed E-state index contributed by atoms with van der Waals surface area (Å²) in [4.78, 5) is 39.7. The van der Waals surface area contributed by atoms with Crippen molar-refractivity contribution in [1.29, 1.82) is 0 Å². The summed E-state index contributed by atoms with van der Waals surface area (Å²) in [5, 5.41) is 4.45. The number of hydrogen-bond acceptors (Lipinski definition) is 4. The first-order chi connectivity index (χ1) is 12.0. The number of rotatable bonds is 2. The minimum Gasteiger partial charge on any atom is -0.337 e. The summed E-state index contributed by atoms with van der Waals surface area (Å²) in [6.45, 7) is 2.07. The van der Waals surface area contributed by atoms with Gasteiger partial charge in [0.15, 0.2) is 0 Å². The second kappa shape index (κ2) is 7.65. The van der Waals surface area contributed by atoms with E-state index in [-0.39, 0.29) is 24.1 Å². The van der Waals surface area contributed by atoms with E-state index >= 15 is 0 Å². The van der Waals surface area contributed by atoms with Gasteiger partial charge in [-0.2, -0.15) is 5.10 Å². The van der Waals surface area contributed by atoms with E-state index in [0.717, 1.165) is 0 Å². The molecule has 1 aromatic carbocycles. The summed E-state index contributed by atoms with van der Waals surface area (Å²) in [7, 11) is 0. The highest BCUT2D eigenvalue weighted by atomic mass is 35.5. The molecule has 0 bridgehead atoms. The minimum absolute atomic E-state index is 0.0618. The summed E-state index contributed by atoms with van der Waals surface area (Å²) in [5.41, 5.74) is 3.31. The number of carbonyl (C=O) groups excluding carboxylic acids is 3. The Morgan fingerprint density at radius 1 is 0.960 bits per heavy atom. The molecule has 3 amide bonds. The number of amides is 3. The van der Waals surface area contributed by atoms with Crippen molar-refractivity contribution in [2.45, 2.75) is 19.3 Å². The smallest absolute Gasteiger partial charge is 0.270 e. The first-order valence-corrected chi connectivity index (χ1v) is 8.62. The van der Waals surface area contributed by atoms with E-state index in [1.165, 1.54) is 0 Å². The van der Waals surface area contributed by atoms with Crippen molar-refractivity contribution in [2.75, 3.05) is 26.2 Å². The molecule has 0 atom stereocenters. The molecule has 1 saturated heterocycles. The molecule has 2 aliphatic rings. The fraction of sp³-hybridized carbons (Fsp3) is 0.412. The third kappa shape index (κ3) is 4.17. The van der Waals surface area contributed by atoms with Crippen LogP contribution in [0.4, 0.5) is 0 Å². The molecule has 25 heavy (non-hydrogen) atoms. The van der Waals surface area contributed by atoms with Crippen molar-refractivity contribution in [1.82, 2.24) is 15.2 Å². The monoisotopic (exact) mass is 362 g/mol. The van der Waals surface area contributed by atoms with Gasteiger partial charge in [-0.25, -0.2) is 5.43 Å². The van der Waals surface area contributed by atoms with Crippen LogP contribution in [-0.4, -0.2) is 59.4 Å². The summed E-state index contributed by atoms with van der Waals surface area (Å²) < 4.78 is 0. The highest BCUT2D eigenvalue weighted by molar-refractivity contribution is 6.39. The van der Waals surface area contributed by atoms with Gasteiger partial charge in [0.1, 0.15) is 5.71 Å². The molecule has 0 aliphatic carbocycles. The Bertz CT molecular complexity index is 717. The predicted octanol–water partition coefficient (Wildman–Crippen LogP) is 1.28. The molecular formula is C17H19ClN4O3. The fourth-order valence-corrected chi connectivity index (χ4v) is 3.04. The molecule has 0 saturated carbocycles. The number of hydrogen-bond donors (Lipinski definition) is 1. The van der Waals surface area contributed by atoms with E-state index in [0.29, 0.717) is 55.3 Å². The van der Waals surface area contributed by atoms with Gasteiger partial charge in [0.2, 0.25) is 5.91 Å². The maximum absolute atomic E-state index is 12.6. The molecule has 2 heterocycles. The number of nitrogens with zero attached hydrogens (tertiary/aromatic N) is 3. The maximum atomic E-state index is 12.6. The van der Waals surface area contributed by atoms with Crippen LogP contribution < -0.4 is 5.43 Å². The molecule has 1 fully saturated rings. The first kappa shape index (κ1) is 17.4. The van der Waals surface area contributed by atoms with E-state index in [4.69, 9.17) is 11.6 Å². The number of carbonyl (C=O) groups is 3. The Balaban J connectivity index is 1.62. The predicted molar refractivity (Wildman–Crippen MR) is 93.4 cm³/mol. The number of benzene rings is 1. The third-order valence-corrected chi connectivity index (χ3v) is 4.56. The molecule has 0 spiro atoms. The van der Waals surface area contributed by atoms with E-state index in [2.05, 4.69) is 10.5 Å². The SMILES string of the molecule is O=C1CCC(C(=O)N2CCCN(C(=O)c3ccc(Cl)cc3)CC2)=NN1. The fourth-order valence-electron chi connectivity index (χ4n) is 2.91. The quantitative estimate of drug-likeness (QED) is 0.860. The van der Waals surface area contributed by atoms with E-state index in [9.17, 15) is 14.4 Å². The van der Waals surface area contributed by atoms with Crippen LogP contribution in [0.1, 0.15) is 29.6 Å². The van der Waals surface area contributed by atoms with Crippen molar-refractivity contribution in [3.8, 4) is 0 Å². The first-order valence-electron chi connectivity index (χ1n) is 8.24. The van der Waals surface area contributed by atoms with Gasteiger partial charge >= 0.3 is 0 Å². The van der Waals surface area contributed by atoms with Gasteiger partial charge in [-0.15, -0.1) is 0 Å². The van der Waals surface area contributed by atoms with Crippen LogP contribution in [0.25, 0.3) is 0 Å². The second-order valence-corrected chi connectivity index (χ2v) is 6.47.